The highest BCUT2D eigenvalue weighted by Gasteiger charge is 2.22. The third-order valence-corrected chi connectivity index (χ3v) is 4.16. The fourth-order valence-electron chi connectivity index (χ4n) is 3.04. The molecule has 0 spiro atoms. The van der Waals surface area contributed by atoms with Crippen molar-refractivity contribution >= 4 is 5.97 Å². The van der Waals surface area contributed by atoms with Crippen LogP contribution < -0.4 is 4.74 Å². The molecule has 2 aromatic rings. The molecule has 0 radical (unpaired) electrons. The number of ether oxygens (including phenoxy) is 1. The molecule has 1 aromatic carbocycles. The first-order valence-corrected chi connectivity index (χ1v) is 7.86. The van der Waals surface area contributed by atoms with Gasteiger partial charge < -0.3 is 9.84 Å². The molecule has 122 valence electrons. The van der Waals surface area contributed by atoms with Gasteiger partial charge >= 0.3 is 5.97 Å². The number of rotatable bonds is 6. The highest BCUT2D eigenvalue weighted by Crippen LogP contribution is 2.26. The van der Waals surface area contributed by atoms with Crippen LogP contribution in [0.5, 0.6) is 5.75 Å². The number of carboxylic acid groups (broad SMARTS) is 1. The van der Waals surface area contributed by atoms with Gasteiger partial charge in [0.25, 0.3) is 0 Å². The number of hydrogen-bond donors (Lipinski definition) is 2. The number of carbonyl (C=O) groups is 1. The average molecular weight is 315 g/mol. The Kier molecular flexibility index (Phi) is 4.92. The quantitative estimate of drug-likeness (QED) is 0.855. The van der Waals surface area contributed by atoms with Crippen molar-refractivity contribution in [1.82, 2.24) is 15.1 Å². The Bertz CT molecular complexity index is 625. The minimum absolute atomic E-state index is 0.308. The molecule has 1 aromatic heterocycles. The largest absolute Gasteiger partial charge is 0.482 e. The molecule has 2 N–H and O–H groups in total. The van der Waals surface area contributed by atoms with Crippen LogP contribution in [-0.4, -0.2) is 45.9 Å². The van der Waals surface area contributed by atoms with E-state index in [9.17, 15) is 4.79 Å². The minimum Gasteiger partial charge on any atom is -0.482 e. The van der Waals surface area contributed by atoms with Gasteiger partial charge in [-0.15, -0.1) is 0 Å². The summed E-state index contributed by atoms with van der Waals surface area (Å²) in [5.41, 5.74) is 2.42. The lowest BCUT2D eigenvalue weighted by Gasteiger charge is -2.32. The summed E-state index contributed by atoms with van der Waals surface area (Å²) in [4.78, 5) is 12.9. The third kappa shape index (κ3) is 4.32. The van der Waals surface area contributed by atoms with Crippen LogP contribution in [0.3, 0.4) is 0 Å². The predicted octanol–water partition coefficient (Wildman–Crippen LogP) is 2.25. The molecule has 1 aliphatic heterocycles. The van der Waals surface area contributed by atoms with E-state index in [4.69, 9.17) is 9.84 Å². The van der Waals surface area contributed by atoms with Crippen LogP contribution >= 0.6 is 0 Å². The van der Waals surface area contributed by atoms with Gasteiger partial charge in [-0.05, 0) is 43.1 Å². The summed E-state index contributed by atoms with van der Waals surface area (Å²) >= 11 is 0. The molecule has 1 aliphatic rings. The summed E-state index contributed by atoms with van der Waals surface area (Å²) in [5, 5.41) is 15.7. The second-order valence-corrected chi connectivity index (χ2v) is 5.91. The molecule has 1 fully saturated rings. The van der Waals surface area contributed by atoms with Crippen LogP contribution in [0.4, 0.5) is 0 Å². The smallest absolute Gasteiger partial charge is 0.341 e. The summed E-state index contributed by atoms with van der Waals surface area (Å²) in [6.45, 7) is 2.71. The van der Waals surface area contributed by atoms with Crippen molar-refractivity contribution in [3.63, 3.8) is 0 Å². The number of aromatic amines is 1. The van der Waals surface area contributed by atoms with Crippen molar-refractivity contribution in [1.29, 1.82) is 0 Å². The van der Waals surface area contributed by atoms with E-state index in [1.165, 1.54) is 24.1 Å². The van der Waals surface area contributed by atoms with Gasteiger partial charge in [-0.2, -0.15) is 5.10 Å². The average Bonchev–Trinajstić information content (AvgIpc) is 3.09. The van der Waals surface area contributed by atoms with Crippen LogP contribution in [0.2, 0.25) is 0 Å². The van der Waals surface area contributed by atoms with E-state index in [0.717, 1.165) is 19.6 Å². The number of nitrogens with one attached hydrogen (secondary N) is 1. The highest BCUT2D eigenvalue weighted by atomic mass is 16.5. The van der Waals surface area contributed by atoms with Gasteiger partial charge in [0.1, 0.15) is 5.75 Å². The van der Waals surface area contributed by atoms with Crippen LogP contribution in [-0.2, 0) is 11.3 Å². The maximum atomic E-state index is 10.5. The molecule has 23 heavy (non-hydrogen) atoms. The number of aliphatic carboxylic acids is 1. The molecule has 0 saturated carbocycles. The van der Waals surface area contributed by atoms with Gasteiger partial charge in [0.05, 0.1) is 0 Å². The van der Waals surface area contributed by atoms with Gasteiger partial charge in [-0.1, -0.05) is 12.1 Å². The SMILES string of the molecule is O=C(O)COc1ccc(CN2CCCC(c3ccn[nH]3)C2)cc1. The highest BCUT2D eigenvalue weighted by molar-refractivity contribution is 5.68. The number of H-pyrrole nitrogens is 1. The van der Waals surface area contributed by atoms with E-state index in [1.54, 1.807) is 0 Å². The Morgan fingerprint density at radius 2 is 2.17 bits per heavy atom. The van der Waals surface area contributed by atoms with Gasteiger partial charge in [0.15, 0.2) is 6.61 Å². The number of hydrogen-bond acceptors (Lipinski definition) is 4. The summed E-state index contributed by atoms with van der Waals surface area (Å²) < 4.78 is 5.15. The molecule has 3 rings (SSSR count). The zero-order valence-electron chi connectivity index (χ0n) is 12.9. The molecular weight excluding hydrogens is 294 g/mol. The van der Waals surface area contributed by atoms with Crippen molar-refractivity contribution in [2.24, 2.45) is 0 Å². The number of benzene rings is 1. The van der Waals surface area contributed by atoms with Crippen molar-refractivity contribution in [3.05, 3.63) is 47.8 Å². The first kappa shape index (κ1) is 15.6. The monoisotopic (exact) mass is 315 g/mol. The first-order chi connectivity index (χ1) is 11.2. The maximum absolute atomic E-state index is 10.5. The fourth-order valence-corrected chi connectivity index (χ4v) is 3.04. The Hall–Kier alpha value is -2.34. The normalized spacial score (nSPS) is 18.7. The van der Waals surface area contributed by atoms with Crippen LogP contribution in [0.25, 0.3) is 0 Å². The molecule has 1 saturated heterocycles. The van der Waals surface area contributed by atoms with E-state index in [0.29, 0.717) is 11.7 Å². The van der Waals surface area contributed by atoms with Crippen molar-refractivity contribution in [2.45, 2.75) is 25.3 Å². The molecule has 1 unspecified atom stereocenters. The van der Waals surface area contributed by atoms with Crippen molar-refractivity contribution < 1.29 is 14.6 Å². The van der Waals surface area contributed by atoms with Gasteiger partial charge in [-0.25, -0.2) is 4.79 Å². The second kappa shape index (κ2) is 7.28. The molecule has 6 nitrogen and oxygen atoms in total. The van der Waals surface area contributed by atoms with Crippen molar-refractivity contribution in [3.8, 4) is 5.75 Å². The number of aromatic nitrogens is 2. The predicted molar refractivity (Wildman–Crippen MR) is 85.4 cm³/mol. The van der Waals surface area contributed by atoms with Crippen LogP contribution in [0.15, 0.2) is 36.5 Å². The van der Waals surface area contributed by atoms with E-state index in [2.05, 4.69) is 21.2 Å². The molecule has 0 aliphatic carbocycles. The van der Waals surface area contributed by atoms with Crippen LogP contribution in [0.1, 0.15) is 30.0 Å². The lowest BCUT2D eigenvalue weighted by molar-refractivity contribution is -0.139. The number of likely N-dealkylation sites (tertiary alicyclic amines) is 1. The minimum atomic E-state index is -0.966. The summed E-state index contributed by atoms with van der Waals surface area (Å²) in [6.07, 6.45) is 4.19. The maximum Gasteiger partial charge on any atom is 0.341 e. The fraction of sp³-hybridized carbons (Fsp3) is 0.412. The van der Waals surface area contributed by atoms with E-state index < -0.39 is 5.97 Å². The molecular formula is C17H21N3O3. The Balaban J connectivity index is 1.55. The van der Waals surface area contributed by atoms with Crippen molar-refractivity contribution in [2.75, 3.05) is 19.7 Å². The summed E-state index contributed by atoms with van der Waals surface area (Å²) in [5.74, 6) is 0.141. The van der Waals surface area contributed by atoms with Gasteiger partial charge in [0, 0.05) is 30.9 Å². The second-order valence-electron chi connectivity index (χ2n) is 5.91. The Morgan fingerprint density at radius 1 is 1.35 bits per heavy atom. The molecule has 0 bridgehead atoms. The Labute approximate surface area is 135 Å². The Morgan fingerprint density at radius 3 is 2.87 bits per heavy atom. The number of piperidine rings is 1. The zero-order chi connectivity index (χ0) is 16.1. The van der Waals surface area contributed by atoms with Crippen LogP contribution in [0, 0.1) is 0 Å². The molecule has 6 heteroatoms. The summed E-state index contributed by atoms with van der Waals surface area (Å²) in [6, 6.07) is 9.71. The number of nitrogens with zero attached hydrogens (tertiary/aromatic N) is 2. The number of carboxylic acids is 1. The van der Waals surface area contributed by atoms with E-state index >= 15 is 0 Å². The standard InChI is InChI=1S/C17H21N3O3/c21-17(22)12-23-15-5-3-13(4-6-15)10-20-9-1-2-14(11-20)16-7-8-18-19-16/h3-8,14H,1-2,9-12H2,(H,18,19)(H,21,22). The lowest BCUT2D eigenvalue weighted by atomic mass is 9.94. The molecule has 0 amide bonds. The third-order valence-electron chi connectivity index (χ3n) is 4.16. The first-order valence-electron chi connectivity index (χ1n) is 7.86. The van der Waals surface area contributed by atoms with Gasteiger partial charge in [-0.3, -0.25) is 10.00 Å². The topological polar surface area (TPSA) is 78.5 Å². The zero-order valence-corrected chi connectivity index (χ0v) is 12.9. The summed E-state index contributed by atoms with van der Waals surface area (Å²) in [7, 11) is 0. The molecule has 1 atom stereocenters. The van der Waals surface area contributed by atoms with E-state index in [1.807, 2.05) is 30.5 Å². The molecule has 2 heterocycles. The lowest BCUT2D eigenvalue weighted by Crippen LogP contribution is -2.34. The van der Waals surface area contributed by atoms with E-state index in [-0.39, 0.29) is 6.61 Å². The van der Waals surface area contributed by atoms with Gasteiger partial charge in [0.2, 0.25) is 0 Å².